The van der Waals surface area contributed by atoms with Gasteiger partial charge in [0.05, 0.1) is 20.1 Å². The Balaban J connectivity index is 2.62. The van der Waals surface area contributed by atoms with Gasteiger partial charge in [-0.1, -0.05) is 6.92 Å². The van der Waals surface area contributed by atoms with Crippen molar-refractivity contribution in [3.05, 3.63) is 27.3 Å². The molecule has 1 N–H and O–H groups in total. The second-order valence-corrected chi connectivity index (χ2v) is 5.91. The maximum Gasteiger partial charge on any atom is 0.326 e. The molecule has 2 rings (SSSR count). The fraction of sp³-hybridized carbons (Fsp3) is 0.385. The van der Waals surface area contributed by atoms with Crippen LogP contribution in [0.5, 0.6) is 0 Å². The fourth-order valence-corrected chi connectivity index (χ4v) is 3.12. The number of likely N-dealkylation sites (N-methyl/N-ethyl adjacent to an activating group) is 1. The van der Waals surface area contributed by atoms with Crippen LogP contribution in [0, 0.1) is 17.0 Å². The van der Waals surface area contributed by atoms with Gasteiger partial charge in [-0.15, -0.1) is 11.3 Å². The van der Waals surface area contributed by atoms with Crippen molar-refractivity contribution < 1.29 is 14.8 Å². The Kier molecular flexibility index (Phi) is 4.08. The van der Waals surface area contributed by atoms with Crippen molar-refractivity contribution in [2.75, 3.05) is 11.9 Å². The van der Waals surface area contributed by atoms with Crippen molar-refractivity contribution in [3.63, 3.8) is 0 Å². The molecule has 0 radical (unpaired) electrons. The monoisotopic (exact) mass is 309 g/mol. The number of aromatic nitrogens is 1. The number of aliphatic carboxylic acids is 1. The molecule has 1 aromatic carbocycles. The van der Waals surface area contributed by atoms with E-state index in [4.69, 9.17) is 0 Å². The van der Waals surface area contributed by atoms with Crippen LogP contribution in [-0.2, 0) is 4.79 Å². The molecule has 21 heavy (non-hydrogen) atoms. The zero-order valence-corrected chi connectivity index (χ0v) is 12.7. The molecule has 8 heteroatoms. The predicted octanol–water partition coefficient (Wildman–Crippen LogP) is 2.81. The summed E-state index contributed by atoms with van der Waals surface area (Å²) in [6.45, 7) is 3.55. The van der Waals surface area contributed by atoms with E-state index in [1.807, 2.05) is 6.92 Å². The van der Waals surface area contributed by atoms with Gasteiger partial charge in [0.25, 0.3) is 5.69 Å². The van der Waals surface area contributed by atoms with Gasteiger partial charge >= 0.3 is 5.97 Å². The maximum atomic E-state index is 11.3. The third kappa shape index (κ3) is 2.80. The standard InChI is InChI=1S/C13H15N3O4S/c1-4-9(13(17)18)15(3)10-5-8-12(21-7(2)14-8)6-11(10)16(19)20/h5-6,9H,4H2,1-3H3,(H,17,18). The van der Waals surface area contributed by atoms with Crippen LogP contribution in [0.2, 0.25) is 0 Å². The molecule has 0 saturated heterocycles. The zero-order valence-electron chi connectivity index (χ0n) is 11.9. The first-order valence-electron chi connectivity index (χ1n) is 6.36. The van der Waals surface area contributed by atoms with E-state index in [0.29, 0.717) is 11.9 Å². The fourth-order valence-electron chi connectivity index (χ4n) is 2.28. The molecular weight excluding hydrogens is 294 g/mol. The number of thiazole rings is 1. The topological polar surface area (TPSA) is 96.6 Å². The lowest BCUT2D eigenvalue weighted by Gasteiger charge is -2.25. The summed E-state index contributed by atoms with van der Waals surface area (Å²) in [5, 5.41) is 21.3. The Morgan fingerprint density at radius 3 is 2.76 bits per heavy atom. The minimum atomic E-state index is -1.01. The summed E-state index contributed by atoms with van der Waals surface area (Å²) in [6.07, 6.45) is 0.344. The third-order valence-electron chi connectivity index (χ3n) is 3.31. The number of rotatable bonds is 5. The summed E-state index contributed by atoms with van der Waals surface area (Å²) >= 11 is 1.37. The summed E-state index contributed by atoms with van der Waals surface area (Å²) < 4.78 is 0.722. The van der Waals surface area contributed by atoms with E-state index in [-0.39, 0.29) is 11.4 Å². The van der Waals surface area contributed by atoms with E-state index in [9.17, 15) is 20.0 Å². The molecule has 0 aliphatic rings. The largest absolute Gasteiger partial charge is 0.480 e. The summed E-state index contributed by atoms with van der Waals surface area (Å²) in [7, 11) is 1.55. The Bertz CT molecular complexity index is 713. The van der Waals surface area contributed by atoms with Crippen molar-refractivity contribution in [2.45, 2.75) is 26.3 Å². The molecule has 0 saturated carbocycles. The van der Waals surface area contributed by atoms with E-state index in [2.05, 4.69) is 4.98 Å². The molecule has 1 aromatic heterocycles. The first kappa shape index (κ1) is 15.2. The number of aryl methyl sites for hydroxylation is 1. The highest BCUT2D eigenvalue weighted by Gasteiger charge is 2.27. The first-order valence-corrected chi connectivity index (χ1v) is 7.18. The second-order valence-electron chi connectivity index (χ2n) is 4.67. The molecule has 1 unspecified atom stereocenters. The van der Waals surface area contributed by atoms with E-state index in [1.165, 1.54) is 22.3 Å². The second kappa shape index (κ2) is 5.65. The van der Waals surface area contributed by atoms with Crippen LogP contribution in [0.3, 0.4) is 0 Å². The molecule has 0 spiro atoms. The van der Waals surface area contributed by atoms with Crippen LogP contribution in [0.1, 0.15) is 18.4 Å². The highest BCUT2D eigenvalue weighted by Crippen LogP contribution is 2.35. The molecule has 7 nitrogen and oxygen atoms in total. The maximum absolute atomic E-state index is 11.3. The molecule has 0 fully saturated rings. The number of hydrogen-bond donors (Lipinski definition) is 1. The number of nitro groups is 1. The molecule has 0 aliphatic heterocycles. The summed E-state index contributed by atoms with van der Waals surface area (Å²) in [5.74, 6) is -1.01. The molecule has 1 heterocycles. The SMILES string of the molecule is CCC(C(=O)O)N(C)c1cc2nc(C)sc2cc1[N+](=O)[O-]. The van der Waals surface area contributed by atoms with Crippen LogP contribution in [0.25, 0.3) is 10.2 Å². The summed E-state index contributed by atoms with van der Waals surface area (Å²) in [4.78, 5) is 27.8. The van der Waals surface area contributed by atoms with Gasteiger partial charge in [0, 0.05) is 13.1 Å². The van der Waals surface area contributed by atoms with Crippen molar-refractivity contribution in [3.8, 4) is 0 Å². The van der Waals surface area contributed by atoms with Crippen LogP contribution < -0.4 is 4.90 Å². The lowest BCUT2D eigenvalue weighted by atomic mass is 10.1. The Morgan fingerprint density at radius 2 is 2.24 bits per heavy atom. The van der Waals surface area contributed by atoms with Crippen LogP contribution in [-0.4, -0.2) is 34.1 Å². The number of benzene rings is 1. The van der Waals surface area contributed by atoms with Gasteiger partial charge < -0.3 is 10.0 Å². The number of carboxylic acids is 1. The van der Waals surface area contributed by atoms with E-state index in [1.54, 1.807) is 20.0 Å². The van der Waals surface area contributed by atoms with Gasteiger partial charge in [-0.05, 0) is 19.4 Å². The lowest BCUT2D eigenvalue weighted by molar-refractivity contribution is -0.384. The minimum absolute atomic E-state index is 0.103. The Morgan fingerprint density at radius 1 is 1.57 bits per heavy atom. The Labute approximate surface area is 125 Å². The number of nitrogens with zero attached hydrogens (tertiary/aromatic N) is 3. The summed E-state index contributed by atoms with van der Waals surface area (Å²) in [6, 6.07) is 2.23. The average molecular weight is 309 g/mol. The minimum Gasteiger partial charge on any atom is -0.480 e. The van der Waals surface area contributed by atoms with Gasteiger partial charge in [-0.2, -0.15) is 0 Å². The van der Waals surface area contributed by atoms with Crippen LogP contribution >= 0.6 is 11.3 Å². The van der Waals surface area contributed by atoms with Crippen molar-refractivity contribution in [1.82, 2.24) is 4.98 Å². The number of carboxylic acid groups (broad SMARTS) is 1. The smallest absolute Gasteiger partial charge is 0.326 e. The number of nitro benzene ring substituents is 1. The first-order chi connectivity index (χ1) is 9.85. The molecule has 2 aromatic rings. The number of fused-ring (bicyclic) bond motifs is 1. The molecule has 0 bridgehead atoms. The summed E-state index contributed by atoms with van der Waals surface area (Å²) in [5.41, 5.74) is 0.811. The van der Waals surface area contributed by atoms with Crippen molar-refractivity contribution in [2.24, 2.45) is 0 Å². The van der Waals surface area contributed by atoms with Crippen molar-refractivity contribution in [1.29, 1.82) is 0 Å². The van der Waals surface area contributed by atoms with Crippen LogP contribution in [0.4, 0.5) is 11.4 Å². The molecule has 0 aliphatic carbocycles. The molecule has 112 valence electrons. The predicted molar refractivity (Wildman–Crippen MR) is 81.1 cm³/mol. The lowest BCUT2D eigenvalue weighted by Crippen LogP contribution is -2.38. The Hall–Kier alpha value is -2.22. The van der Waals surface area contributed by atoms with Gasteiger partial charge in [0.1, 0.15) is 11.7 Å². The average Bonchev–Trinajstić information content (AvgIpc) is 2.76. The quantitative estimate of drug-likeness (QED) is 0.674. The zero-order chi connectivity index (χ0) is 15.7. The van der Waals surface area contributed by atoms with Crippen molar-refractivity contribution >= 4 is 38.9 Å². The van der Waals surface area contributed by atoms with E-state index >= 15 is 0 Å². The highest BCUT2D eigenvalue weighted by atomic mass is 32.1. The van der Waals surface area contributed by atoms with Gasteiger partial charge in [0.15, 0.2) is 0 Å². The van der Waals surface area contributed by atoms with Gasteiger partial charge in [-0.3, -0.25) is 10.1 Å². The molecule has 1 atom stereocenters. The number of anilines is 1. The normalized spacial score (nSPS) is 12.3. The van der Waals surface area contributed by atoms with Gasteiger partial charge in [-0.25, -0.2) is 9.78 Å². The van der Waals surface area contributed by atoms with Crippen LogP contribution in [0.15, 0.2) is 12.1 Å². The highest BCUT2D eigenvalue weighted by molar-refractivity contribution is 7.18. The molecular formula is C13H15N3O4S. The van der Waals surface area contributed by atoms with E-state index in [0.717, 1.165) is 9.71 Å². The van der Waals surface area contributed by atoms with E-state index < -0.39 is 16.9 Å². The number of carbonyl (C=O) groups is 1. The number of hydrogen-bond acceptors (Lipinski definition) is 6. The van der Waals surface area contributed by atoms with Gasteiger partial charge in [0.2, 0.25) is 0 Å². The molecule has 0 amide bonds. The third-order valence-corrected chi connectivity index (χ3v) is 4.24.